The van der Waals surface area contributed by atoms with Crippen LogP contribution in [0.4, 0.5) is 5.69 Å². The fourth-order valence-electron chi connectivity index (χ4n) is 1.51. The van der Waals surface area contributed by atoms with Crippen molar-refractivity contribution in [3.05, 3.63) is 29.8 Å². The summed E-state index contributed by atoms with van der Waals surface area (Å²) < 4.78 is 4.93. The minimum absolute atomic E-state index is 0.492. The minimum Gasteiger partial charge on any atom is -0.383 e. The summed E-state index contributed by atoms with van der Waals surface area (Å²) in [4.78, 5) is 2.06. The van der Waals surface area contributed by atoms with E-state index in [4.69, 9.17) is 17.0 Å². The molecular weight excluding hydrogens is 272 g/mol. The van der Waals surface area contributed by atoms with Gasteiger partial charge in [-0.05, 0) is 36.8 Å². The summed E-state index contributed by atoms with van der Waals surface area (Å²) >= 11 is 5.10. The number of thiocarbonyl (C=S) groups is 1. The molecule has 1 aromatic carbocycles. The SMILES string of the molecule is COCCNC(=S)N/N=C(/C)c1ccc(N(C)C)cc1. The van der Waals surface area contributed by atoms with Gasteiger partial charge in [-0.2, -0.15) is 5.10 Å². The fraction of sp³-hybridized carbons (Fsp3) is 0.429. The van der Waals surface area contributed by atoms with Gasteiger partial charge in [0.25, 0.3) is 0 Å². The molecule has 0 aliphatic rings. The van der Waals surface area contributed by atoms with E-state index in [1.165, 1.54) is 0 Å². The van der Waals surface area contributed by atoms with Crippen molar-refractivity contribution >= 4 is 28.7 Å². The standard InChI is InChI=1S/C14H22N4OS/c1-11(16-17-14(20)15-9-10-19-4)12-5-7-13(8-6-12)18(2)3/h5-8H,9-10H2,1-4H3,(H2,15,17,20)/b16-11-. The third-order valence-electron chi connectivity index (χ3n) is 2.72. The van der Waals surface area contributed by atoms with Gasteiger partial charge in [0.1, 0.15) is 0 Å². The maximum atomic E-state index is 5.10. The molecule has 0 heterocycles. The number of hydrogen-bond acceptors (Lipinski definition) is 4. The number of hydrazone groups is 1. The zero-order valence-corrected chi connectivity index (χ0v) is 13.3. The Kier molecular flexibility index (Phi) is 6.97. The van der Waals surface area contributed by atoms with Gasteiger partial charge in [-0.3, -0.25) is 5.43 Å². The second kappa shape index (κ2) is 8.50. The van der Waals surface area contributed by atoms with Crippen LogP contribution in [0.2, 0.25) is 0 Å². The van der Waals surface area contributed by atoms with Crippen LogP contribution in [0.3, 0.4) is 0 Å². The van der Waals surface area contributed by atoms with Gasteiger partial charge >= 0.3 is 0 Å². The van der Waals surface area contributed by atoms with Gasteiger partial charge < -0.3 is 15.0 Å². The molecule has 0 aromatic heterocycles. The molecule has 0 saturated heterocycles. The molecule has 0 bridgehead atoms. The number of nitrogens with zero attached hydrogens (tertiary/aromatic N) is 2. The second-order valence-corrected chi connectivity index (χ2v) is 4.91. The maximum absolute atomic E-state index is 5.10. The van der Waals surface area contributed by atoms with Gasteiger partial charge in [0.15, 0.2) is 5.11 Å². The maximum Gasteiger partial charge on any atom is 0.187 e. The van der Waals surface area contributed by atoms with Crippen LogP contribution in [-0.4, -0.2) is 45.2 Å². The lowest BCUT2D eigenvalue weighted by Crippen LogP contribution is -2.34. The Labute approximate surface area is 126 Å². The average molecular weight is 294 g/mol. The first kappa shape index (κ1) is 16.4. The van der Waals surface area contributed by atoms with Crippen LogP contribution in [0.15, 0.2) is 29.4 Å². The van der Waals surface area contributed by atoms with Crippen molar-refractivity contribution in [2.24, 2.45) is 5.10 Å². The molecule has 0 radical (unpaired) electrons. The molecule has 0 fully saturated rings. The lowest BCUT2D eigenvalue weighted by molar-refractivity contribution is 0.204. The summed E-state index contributed by atoms with van der Waals surface area (Å²) in [6, 6.07) is 8.20. The summed E-state index contributed by atoms with van der Waals surface area (Å²) in [5.41, 5.74) is 5.92. The minimum atomic E-state index is 0.492. The zero-order valence-electron chi connectivity index (χ0n) is 12.4. The van der Waals surface area contributed by atoms with Gasteiger partial charge in [-0.15, -0.1) is 0 Å². The van der Waals surface area contributed by atoms with E-state index in [1.54, 1.807) is 7.11 Å². The molecule has 0 saturated carbocycles. The Morgan fingerprint density at radius 1 is 1.30 bits per heavy atom. The van der Waals surface area contributed by atoms with E-state index >= 15 is 0 Å². The highest BCUT2D eigenvalue weighted by Gasteiger charge is 2.00. The van der Waals surface area contributed by atoms with Crippen molar-refractivity contribution in [3.8, 4) is 0 Å². The van der Waals surface area contributed by atoms with Crippen molar-refractivity contribution in [2.75, 3.05) is 39.3 Å². The van der Waals surface area contributed by atoms with Gasteiger partial charge in [0.2, 0.25) is 0 Å². The van der Waals surface area contributed by atoms with Crippen LogP contribution in [0.25, 0.3) is 0 Å². The molecule has 20 heavy (non-hydrogen) atoms. The van der Waals surface area contributed by atoms with E-state index in [1.807, 2.05) is 33.2 Å². The first-order chi connectivity index (χ1) is 9.54. The zero-order chi connectivity index (χ0) is 15.0. The number of methoxy groups -OCH3 is 1. The summed E-state index contributed by atoms with van der Waals surface area (Å²) in [7, 11) is 5.68. The molecule has 110 valence electrons. The molecule has 0 amide bonds. The lowest BCUT2D eigenvalue weighted by atomic mass is 10.1. The van der Waals surface area contributed by atoms with Crippen LogP contribution < -0.4 is 15.6 Å². The summed E-state index contributed by atoms with van der Waals surface area (Å²) in [6.45, 7) is 3.21. The van der Waals surface area contributed by atoms with Gasteiger partial charge in [0, 0.05) is 33.4 Å². The fourth-order valence-corrected chi connectivity index (χ4v) is 1.65. The van der Waals surface area contributed by atoms with Gasteiger partial charge in [0.05, 0.1) is 12.3 Å². The first-order valence-corrected chi connectivity index (χ1v) is 6.80. The number of anilines is 1. The molecule has 0 spiro atoms. The largest absolute Gasteiger partial charge is 0.383 e. The van der Waals surface area contributed by atoms with Crippen molar-refractivity contribution < 1.29 is 4.74 Å². The van der Waals surface area contributed by atoms with Crippen LogP contribution in [0.5, 0.6) is 0 Å². The van der Waals surface area contributed by atoms with E-state index in [0.29, 0.717) is 18.3 Å². The predicted molar refractivity (Wildman–Crippen MR) is 88.6 cm³/mol. The molecule has 0 atom stereocenters. The number of benzene rings is 1. The van der Waals surface area contributed by atoms with Crippen LogP contribution in [0.1, 0.15) is 12.5 Å². The highest BCUT2D eigenvalue weighted by atomic mass is 32.1. The molecule has 2 N–H and O–H groups in total. The molecule has 0 unspecified atom stereocenters. The Balaban J connectivity index is 2.53. The van der Waals surface area contributed by atoms with Crippen LogP contribution in [0, 0.1) is 0 Å². The average Bonchev–Trinajstić information content (AvgIpc) is 2.45. The van der Waals surface area contributed by atoms with E-state index in [9.17, 15) is 0 Å². The van der Waals surface area contributed by atoms with Crippen LogP contribution in [-0.2, 0) is 4.74 Å². The highest BCUT2D eigenvalue weighted by Crippen LogP contribution is 2.12. The number of rotatable bonds is 6. The summed E-state index contributed by atoms with van der Waals surface area (Å²) in [6.07, 6.45) is 0. The molecule has 0 aliphatic heterocycles. The summed E-state index contributed by atoms with van der Waals surface area (Å²) in [5, 5.41) is 7.74. The lowest BCUT2D eigenvalue weighted by Gasteiger charge is -2.12. The quantitative estimate of drug-likeness (QED) is 0.361. The molecule has 1 rings (SSSR count). The Morgan fingerprint density at radius 2 is 1.95 bits per heavy atom. The van der Waals surface area contributed by atoms with E-state index in [0.717, 1.165) is 17.0 Å². The van der Waals surface area contributed by atoms with Gasteiger partial charge in [-0.1, -0.05) is 12.1 Å². The number of nitrogens with one attached hydrogen (secondary N) is 2. The number of hydrogen-bond donors (Lipinski definition) is 2. The molecular formula is C14H22N4OS. The van der Waals surface area contributed by atoms with Crippen molar-refractivity contribution in [2.45, 2.75) is 6.92 Å². The Hall–Kier alpha value is -1.66. The van der Waals surface area contributed by atoms with Crippen molar-refractivity contribution in [1.82, 2.24) is 10.7 Å². The Morgan fingerprint density at radius 3 is 2.50 bits per heavy atom. The summed E-state index contributed by atoms with van der Waals surface area (Å²) in [5.74, 6) is 0. The topological polar surface area (TPSA) is 48.9 Å². The third kappa shape index (κ3) is 5.54. The highest BCUT2D eigenvalue weighted by molar-refractivity contribution is 7.80. The smallest absolute Gasteiger partial charge is 0.187 e. The van der Waals surface area contributed by atoms with Crippen LogP contribution >= 0.6 is 12.2 Å². The van der Waals surface area contributed by atoms with E-state index < -0.39 is 0 Å². The molecule has 6 heteroatoms. The van der Waals surface area contributed by atoms with Gasteiger partial charge in [-0.25, -0.2) is 0 Å². The second-order valence-electron chi connectivity index (χ2n) is 4.50. The molecule has 0 aliphatic carbocycles. The number of ether oxygens (including phenoxy) is 1. The monoisotopic (exact) mass is 294 g/mol. The third-order valence-corrected chi connectivity index (χ3v) is 2.95. The van der Waals surface area contributed by atoms with E-state index in [-0.39, 0.29) is 0 Å². The predicted octanol–water partition coefficient (Wildman–Crippen LogP) is 1.59. The van der Waals surface area contributed by atoms with E-state index in [2.05, 4.69) is 32.9 Å². The van der Waals surface area contributed by atoms with Crippen molar-refractivity contribution in [3.63, 3.8) is 0 Å². The first-order valence-electron chi connectivity index (χ1n) is 6.39. The normalized spacial score (nSPS) is 11.1. The van der Waals surface area contributed by atoms with Crippen molar-refractivity contribution in [1.29, 1.82) is 0 Å². The molecule has 5 nitrogen and oxygen atoms in total. The Bertz CT molecular complexity index is 457. The molecule has 1 aromatic rings.